The highest BCUT2D eigenvalue weighted by Crippen LogP contribution is 2.42. The van der Waals surface area contributed by atoms with Gasteiger partial charge in [0.15, 0.2) is 0 Å². The summed E-state index contributed by atoms with van der Waals surface area (Å²) < 4.78 is 5.40. The van der Waals surface area contributed by atoms with E-state index in [-0.39, 0.29) is 6.04 Å². The SMILES string of the molecule is COc1ccc(N2C(c3ccccc3)=Cc3ccccc3C2C#Cc2ccccc2)cc1. The molecule has 0 aromatic heterocycles. The molecule has 0 spiro atoms. The van der Waals surface area contributed by atoms with Gasteiger partial charge >= 0.3 is 0 Å². The van der Waals surface area contributed by atoms with Crippen LogP contribution in [0.2, 0.25) is 0 Å². The maximum absolute atomic E-state index is 5.40. The van der Waals surface area contributed by atoms with E-state index < -0.39 is 0 Å². The number of ether oxygens (including phenoxy) is 1. The summed E-state index contributed by atoms with van der Waals surface area (Å²) >= 11 is 0. The van der Waals surface area contributed by atoms with Gasteiger partial charge in [0.1, 0.15) is 11.8 Å². The second kappa shape index (κ2) is 8.88. The van der Waals surface area contributed by atoms with E-state index in [4.69, 9.17) is 4.74 Å². The van der Waals surface area contributed by atoms with Crippen molar-refractivity contribution in [3.63, 3.8) is 0 Å². The van der Waals surface area contributed by atoms with Crippen LogP contribution in [0.1, 0.15) is 28.3 Å². The number of nitrogens with zero attached hydrogens (tertiary/aromatic N) is 1. The fraction of sp³-hybridized carbons (Fsp3) is 0.0667. The molecular weight excluding hydrogens is 390 g/mol. The zero-order valence-electron chi connectivity index (χ0n) is 17.9. The van der Waals surface area contributed by atoms with Crippen molar-refractivity contribution in [2.24, 2.45) is 0 Å². The second-order valence-corrected chi connectivity index (χ2v) is 7.63. The average molecular weight is 414 g/mol. The smallest absolute Gasteiger partial charge is 0.121 e. The molecule has 0 bridgehead atoms. The standard InChI is InChI=1S/C30H23NO/c1-32-27-19-17-26(18-20-27)31-29(21-16-23-10-4-2-5-11-23)28-15-9-8-14-25(28)22-30(31)24-12-6-3-7-13-24/h2-15,17-20,22,29H,1H3. The lowest BCUT2D eigenvalue weighted by Gasteiger charge is -2.37. The van der Waals surface area contributed by atoms with Crippen LogP contribution in [0.5, 0.6) is 5.75 Å². The van der Waals surface area contributed by atoms with Crippen molar-refractivity contribution in [3.05, 3.63) is 131 Å². The Labute approximate surface area is 189 Å². The number of hydrogen-bond donors (Lipinski definition) is 0. The molecule has 1 aliphatic heterocycles. The Hall–Kier alpha value is -4.22. The topological polar surface area (TPSA) is 12.5 Å². The summed E-state index contributed by atoms with van der Waals surface area (Å²) in [4.78, 5) is 2.33. The average Bonchev–Trinajstić information content (AvgIpc) is 2.88. The lowest BCUT2D eigenvalue weighted by Crippen LogP contribution is -2.29. The van der Waals surface area contributed by atoms with Crippen molar-refractivity contribution in [1.82, 2.24) is 0 Å². The maximum atomic E-state index is 5.40. The Balaban J connectivity index is 1.70. The number of anilines is 1. The summed E-state index contributed by atoms with van der Waals surface area (Å²) in [6, 6.07) is 37.2. The van der Waals surface area contributed by atoms with Crippen molar-refractivity contribution in [3.8, 4) is 17.6 Å². The van der Waals surface area contributed by atoms with Crippen LogP contribution in [0, 0.1) is 11.8 Å². The molecule has 5 rings (SSSR count). The zero-order chi connectivity index (χ0) is 21.8. The Morgan fingerprint density at radius 2 is 1.38 bits per heavy atom. The van der Waals surface area contributed by atoms with Crippen LogP contribution in [0.3, 0.4) is 0 Å². The van der Waals surface area contributed by atoms with Crippen molar-refractivity contribution < 1.29 is 4.74 Å². The lowest BCUT2D eigenvalue weighted by molar-refractivity contribution is 0.415. The summed E-state index contributed by atoms with van der Waals surface area (Å²) in [6.07, 6.45) is 2.26. The number of rotatable bonds is 3. The molecule has 0 radical (unpaired) electrons. The van der Waals surface area contributed by atoms with Gasteiger partial charge in [-0.1, -0.05) is 84.6 Å². The molecule has 1 aliphatic rings. The van der Waals surface area contributed by atoms with Crippen molar-refractivity contribution in [2.45, 2.75) is 6.04 Å². The van der Waals surface area contributed by atoms with Gasteiger partial charge in [0.05, 0.1) is 12.8 Å². The maximum Gasteiger partial charge on any atom is 0.121 e. The highest BCUT2D eigenvalue weighted by molar-refractivity contribution is 5.94. The van der Waals surface area contributed by atoms with Crippen LogP contribution in [0.4, 0.5) is 5.69 Å². The highest BCUT2D eigenvalue weighted by atomic mass is 16.5. The molecule has 0 N–H and O–H groups in total. The highest BCUT2D eigenvalue weighted by Gasteiger charge is 2.29. The molecule has 2 heteroatoms. The van der Waals surface area contributed by atoms with E-state index in [1.807, 2.05) is 48.5 Å². The summed E-state index contributed by atoms with van der Waals surface area (Å²) in [5.74, 6) is 7.82. The first-order chi connectivity index (χ1) is 15.8. The van der Waals surface area contributed by atoms with E-state index in [2.05, 4.69) is 83.5 Å². The summed E-state index contributed by atoms with van der Waals surface area (Å²) in [7, 11) is 1.69. The van der Waals surface area contributed by atoms with Gasteiger partial charge in [-0.15, -0.1) is 0 Å². The van der Waals surface area contributed by atoms with Crippen molar-refractivity contribution in [1.29, 1.82) is 0 Å². The first-order valence-corrected chi connectivity index (χ1v) is 10.7. The zero-order valence-corrected chi connectivity index (χ0v) is 17.9. The quantitative estimate of drug-likeness (QED) is 0.342. The van der Waals surface area contributed by atoms with Gasteiger partial charge in [-0.05, 0) is 59.2 Å². The number of benzene rings is 4. The number of fused-ring (bicyclic) bond motifs is 1. The van der Waals surface area contributed by atoms with E-state index in [9.17, 15) is 0 Å². The molecule has 32 heavy (non-hydrogen) atoms. The number of methoxy groups -OCH3 is 1. The first kappa shape index (κ1) is 19.7. The van der Waals surface area contributed by atoms with Gasteiger partial charge in [0.2, 0.25) is 0 Å². The summed E-state index contributed by atoms with van der Waals surface area (Å²) in [6.45, 7) is 0. The molecule has 0 aliphatic carbocycles. The van der Waals surface area contributed by atoms with E-state index in [0.717, 1.165) is 28.3 Å². The monoisotopic (exact) mass is 413 g/mol. The van der Waals surface area contributed by atoms with Crippen LogP contribution in [-0.4, -0.2) is 7.11 Å². The third kappa shape index (κ3) is 3.89. The molecule has 1 heterocycles. The summed E-state index contributed by atoms with van der Waals surface area (Å²) in [5, 5.41) is 0. The molecule has 4 aromatic carbocycles. The van der Waals surface area contributed by atoms with E-state index in [0.29, 0.717) is 0 Å². The van der Waals surface area contributed by atoms with Crippen LogP contribution in [0.25, 0.3) is 11.8 Å². The van der Waals surface area contributed by atoms with Crippen molar-refractivity contribution in [2.75, 3.05) is 12.0 Å². The van der Waals surface area contributed by atoms with Crippen LogP contribution < -0.4 is 9.64 Å². The van der Waals surface area contributed by atoms with Gasteiger partial charge in [0.25, 0.3) is 0 Å². The molecule has 4 aromatic rings. The molecule has 0 saturated carbocycles. The minimum Gasteiger partial charge on any atom is -0.497 e. The third-order valence-electron chi connectivity index (χ3n) is 5.65. The molecule has 1 atom stereocenters. The van der Waals surface area contributed by atoms with E-state index >= 15 is 0 Å². The number of hydrogen-bond acceptors (Lipinski definition) is 2. The van der Waals surface area contributed by atoms with Crippen molar-refractivity contribution >= 4 is 17.5 Å². The van der Waals surface area contributed by atoms with E-state index in [1.165, 1.54) is 11.1 Å². The Kier molecular flexibility index (Phi) is 5.47. The third-order valence-corrected chi connectivity index (χ3v) is 5.65. The van der Waals surface area contributed by atoms with Gasteiger partial charge in [0, 0.05) is 11.3 Å². The molecule has 0 saturated heterocycles. The molecule has 0 fully saturated rings. The van der Waals surface area contributed by atoms with Gasteiger partial charge in [-0.25, -0.2) is 0 Å². The Morgan fingerprint density at radius 3 is 2.09 bits per heavy atom. The largest absolute Gasteiger partial charge is 0.497 e. The fourth-order valence-electron chi connectivity index (χ4n) is 4.06. The van der Waals surface area contributed by atoms with E-state index in [1.54, 1.807) is 7.11 Å². The first-order valence-electron chi connectivity index (χ1n) is 10.7. The van der Waals surface area contributed by atoms with Gasteiger partial charge in [-0.2, -0.15) is 0 Å². The summed E-state index contributed by atoms with van der Waals surface area (Å²) in [5.41, 5.74) is 6.76. The van der Waals surface area contributed by atoms with Gasteiger partial charge < -0.3 is 9.64 Å². The fourth-order valence-corrected chi connectivity index (χ4v) is 4.06. The van der Waals surface area contributed by atoms with Crippen LogP contribution >= 0.6 is 0 Å². The van der Waals surface area contributed by atoms with Crippen LogP contribution in [-0.2, 0) is 0 Å². The predicted molar refractivity (Wildman–Crippen MR) is 132 cm³/mol. The van der Waals surface area contributed by atoms with Crippen LogP contribution in [0.15, 0.2) is 109 Å². The van der Waals surface area contributed by atoms with Gasteiger partial charge in [-0.3, -0.25) is 0 Å². The molecule has 0 amide bonds. The molecular formula is C30H23NO. The molecule has 1 unspecified atom stereocenters. The lowest BCUT2D eigenvalue weighted by atomic mass is 9.91. The predicted octanol–water partition coefficient (Wildman–Crippen LogP) is 6.81. The second-order valence-electron chi connectivity index (χ2n) is 7.63. The minimum absolute atomic E-state index is 0.125. The molecule has 2 nitrogen and oxygen atoms in total. The molecule has 154 valence electrons. The Morgan fingerprint density at radius 1 is 0.719 bits per heavy atom. The Bertz CT molecular complexity index is 1300. The normalized spacial score (nSPS) is 14.6. The minimum atomic E-state index is -0.125.